The van der Waals surface area contributed by atoms with Gasteiger partial charge in [-0.15, -0.1) is 0 Å². The maximum atomic E-state index is 3.66. The molecule has 2 unspecified atom stereocenters. The zero-order chi connectivity index (χ0) is 10.0. The summed E-state index contributed by atoms with van der Waals surface area (Å²) < 4.78 is 0. The molecule has 0 N–H and O–H groups in total. The van der Waals surface area contributed by atoms with E-state index in [0.717, 1.165) is 11.2 Å². The summed E-state index contributed by atoms with van der Waals surface area (Å²) in [5, 5.41) is 2.21. The summed E-state index contributed by atoms with van der Waals surface area (Å²) in [5.74, 6) is 2.40. The van der Waals surface area contributed by atoms with Crippen molar-refractivity contribution in [2.24, 2.45) is 11.3 Å². The minimum atomic E-state index is 0.714. The lowest BCUT2D eigenvalue weighted by molar-refractivity contribution is 0.393. The largest absolute Gasteiger partial charge is 0.158 e. The van der Waals surface area contributed by atoms with Crippen LogP contribution in [0, 0.1) is 11.3 Å². The molecule has 0 heterocycles. The molecule has 0 saturated heterocycles. The summed E-state index contributed by atoms with van der Waals surface area (Å²) in [6.45, 7) is 2.42. The molecule has 2 aliphatic carbocycles. The molecule has 0 aromatic heterocycles. The molecule has 0 aromatic carbocycles. The van der Waals surface area contributed by atoms with Crippen LogP contribution >= 0.6 is 27.7 Å². The van der Waals surface area contributed by atoms with Gasteiger partial charge in [-0.05, 0) is 42.8 Å². The van der Waals surface area contributed by atoms with Gasteiger partial charge in [-0.3, -0.25) is 0 Å². The summed E-state index contributed by atoms with van der Waals surface area (Å²) in [4.78, 5) is 0. The van der Waals surface area contributed by atoms with E-state index in [0.29, 0.717) is 5.41 Å². The Hall–Kier alpha value is 0.830. The zero-order valence-corrected chi connectivity index (χ0v) is 11.5. The molecule has 2 heteroatoms. The number of thioether (sulfide) groups is 1. The highest BCUT2D eigenvalue weighted by molar-refractivity contribution is 9.09. The van der Waals surface area contributed by atoms with Crippen molar-refractivity contribution < 1.29 is 0 Å². The molecule has 14 heavy (non-hydrogen) atoms. The third-order valence-corrected chi connectivity index (χ3v) is 6.62. The Labute approximate surface area is 101 Å². The normalized spacial score (nSPS) is 35.6. The molecule has 2 atom stereocenters. The molecular weight excluding hydrogens is 256 g/mol. The number of rotatable bonds is 4. The van der Waals surface area contributed by atoms with Gasteiger partial charge < -0.3 is 0 Å². The smallest absolute Gasteiger partial charge is 0.00958 e. The maximum absolute atomic E-state index is 3.66. The Morgan fingerprint density at radius 3 is 2.71 bits per heavy atom. The second-order valence-electron chi connectivity index (χ2n) is 5.34. The van der Waals surface area contributed by atoms with Crippen molar-refractivity contribution in [3.63, 3.8) is 0 Å². The molecule has 0 radical (unpaired) electrons. The fraction of sp³-hybridized carbons (Fsp3) is 1.00. The van der Waals surface area contributed by atoms with E-state index in [1.807, 2.05) is 0 Å². The van der Waals surface area contributed by atoms with E-state index in [1.54, 1.807) is 0 Å². The van der Waals surface area contributed by atoms with Crippen LogP contribution in [0.4, 0.5) is 0 Å². The van der Waals surface area contributed by atoms with E-state index in [4.69, 9.17) is 0 Å². The SMILES string of the molecule is CC1CCCC(SCC2(CBr)CC2)C1. The molecule has 2 rings (SSSR count). The van der Waals surface area contributed by atoms with E-state index in [-0.39, 0.29) is 0 Å². The number of alkyl halides is 1. The predicted octanol–water partition coefficient (Wildman–Crippen LogP) is 4.47. The summed E-state index contributed by atoms with van der Waals surface area (Å²) in [5.41, 5.74) is 0.714. The van der Waals surface area contributed by atoms with Gasteiger partial charge in [0, 0.05) is 10.6 Å². The fourth-order valence-electron chi connectivity index (χ4n) is 2.32. The molecule has 0 bridgehead atoms. The van der Waals surface area contributed by atoms with Crippen LogP contribution in [0.1, 0.15) is 45.4 Å². The Balaban J connectivity index is 1.69. The Morgan fingerprint density at radius 1 is 1.36 bits per heavy atom. The minimum absolute atomic E-state index is 0.714. The van der Waals surface area contributed by atoms with E-state index in [2.05, 4.69) is 34.6 Å². The van der Waals surface area contributed by atoms with Crippen LogP contribution in [0.2, 0.25) is 0 Å². The Kier molecular flexibility index (Phi) is 3.86. The molecule has 0 nitrogen and oxygen atoms in total. The first-order valence-electron chi connectivity index (χ1n) is 5.92. The zero-order valence-electron chi connectivity index (χ0n) is 9.10. The van der Waals surface area contributed by atoms with Crippen LogP contribution in [0.5, 0.6) is 0 Å². The van der Waals surface area contributed by atoms with Crippen LogP contribution in [-0.2, 0) is 0 Å². The van der Waals surface area contributed by atoms with E-state index < -0.39 is 0 Å². The van der Waals surface area contributed by atoms with Crippen LogP contribution in [-0.4, -0.2) is 16.3 Å². The summed E-state index contributed by atoms with van der Waals surface area (Å²) in [7, 11) is 0. The van der Waals surface area contributed by atoms with Crippen molar-refractivity contribution in [1.82, 2.24) is 0 Å². The number of hydrogen-bond donors (Lipinski definition) is 0. The number of hydrogen-bond acceptors (Lipinski definition) is 1. The molecule has 0 aliphatic heterocycles. The van der Waals surface area contributed by atoms with Gasteiger partial charge in [0.25, 0.3) is 0 Å². The van der Waals surface area contributed by atoms with Gasteiger partial charge >= 0.3 is 0 Å². The maximum Gasteiger partial charge on any atom is 0.00958 e. The first kappa shape index (κ1) is 11.3. The lowest BCUT2D eigenvalue weighted by Gasteiger charge is -2.27. The molecule has 0 amide bonds. The quantitative estimate of drug-likeness (QED) is 0.683. The first-order valence-corrected chi connectivity index (χ1v) is 8.09. The fourth-order valence-corrected chi connectivity index (χ4v) is 5.12. The van der Waals surface area contributed by atoms with Gasteiger partial charge in [0.05, 0.1) is 0 Å². The van der Waals surface area contributed by atoms with Crippen molar-refractivity contribution in [2.75, 3.05) is 11.1 Å². The van der Waals surface area contributed by atoms with Gasteiger partial charge in [0.15, 0.2) is 0 Å². The lowest BCUT2D eigenvalue weighted by Crippen LogP contribution is -2.17. The molecule has 0 spiro atoms. The monoisotopic (exact) mass is 276 g/mol. The van der Waals surface area contributed by atoms with Crippen molar-refractivity contribution in [2.45, 2.75) is 50.7 Å². The van der Waals surface area contributed by atoms with Gasteiger partial charge in [0.1, 0.15) is 0 Å². The predicted molar refractivity (Wildman–Crippen MR) is 69.3 cm³/mol. The molecular formula is C12H21BrS. The van der Waals surface area contributed by atoms with Crippen LogP contribution < -0.4 is 0 Å². The second kappa shape index (κ2) is 4.78. The highest BCUT2D eigenvalue weighted by atomic mass is 79.9. The first-order chi connectivity index (χ1) is 6.74. The van der Waals surface area contributed by atoms with E-state index >= 15 is 0 Å². The highest BCUT2D eigenvalue weighted by Crippen LogP contribution is 2.50. The standard InChI is InChI=1S/C12H21BrS/c1-10-3-2-4-11(7-10)14-9-12(8-13)5-6-12/h10-11H,2-9H2,1H3. The van der Waals surface area contributed by atoms with Crippen molar-refractivity contribution >= 4 is 27.7 Å². The summed E-state index contributed by atoms with van der Waals surface area (Å²) >= 11 is 5.92. The van der Waals surface area contributed by atoms with Crippen LogP contribution in [0.25, 0.3) is 0 Å². The van der Waals surface area contributed by atoms with E-state index in [9.17, 15) is 0 Å². The average molecular weight is 277 g/mol. The van der Waals surface area contributed by atoms with E-state index in [1.165, 1.54) is 49.6 Å². The molecule has 2 saturated carbocycles. The van der Waals surface area contributed by atoms with Gasteiger partial charge in [-0.1, -0.05) is 35.7 Å². The molecule has 2 fully saturated rings. The van der Waals surface area contributed by atoms with Crippen LogP contribution in [0.15, 0.2) is 0 Å². The summed E-state index contributed by atoms with van der Waals surface area (Å²) in [6.07, 6.45) is 8.83. The Morgan fingerprint density at radius 2 is 2.14 bits per heavy atom. The third kappa shape index (κ3) is 2.91. The molecule has 2 aliphatic rings. The topological polar surface area (TPSA) is 0 Å². The van der Waals surface area contributed by atoms with Crippen molar-refractivity contribution in [3.05, 3.63) is 0 Å². The van der Waals surface area contributed by atoms with Gasteiger partial charge in [0.2, 0.25) is 0 Å². The molecule has 82 valence electrons. The van der Waals surface area contributed by atoms with Crippen LogP contribution in [0.3, 0.4) is 0 Å². The Bertz CT molecular complexity index is 189. The third-order valence-electron chi connectivity index (χ3n) is 3.75. The highest BCUT2D eigenvalue weighted by Gasteiger charge is 2.41. The van der Waals surface area contributed by atoms with Gasteiger partial charge in [-0.2, -0.15) is 11.8 Å². The second-order valence-corrected chi connectivity index (χ2v) is 7.19. The lowest BCUT2D eigenvalue weighted by atomic mass is 9.91. The van der Waals surface area contributed by atoms with Crippen molar-refractivity contribution in [3.8, 4) is 0 Å². The van der Waals surface area contributed by atoms with Gasteiger partial charge in [-0.25, -0.2) is 0 Å². The molecule has 0 aromatic rings. The average Bonchev–Trinajstić information content (AvgIpc) is 2.96. The number of halogens is 1. The summed E-state index contributed by atoms with van der Waals surface area (Å²) in [6, 6.07) is 0. The van der Waals surface area contributed by atoms with Crippen molar-refractivity contribution in [1.29, 1.82) is 0 Å². The minimum Gasteiger partial charge on any atom is -0.158 e.